The lowest BCUT2D eigenvalue weighted by Crippen LogP contribution is -2.58. The molecule has 1 atom stereocenters. The van der Waals surface area contributed by atoms with Crippen molar-refractivity contribution in [2.24, 2.45) is 0 Å². The van der Waals surface area contributed by atoms with Crippen LogP contribution in [-0.2, 0) is 9.59 Å². The first-order valence-electron chi connectivity index (χ1n) is 8.50. The number of hydrogen-bond donors (Lipinski definition) is 1. The fraction of sp³-hybridized carbons (Fsp3) is 0.625. The second-order valence-electron chi connectivity index (χ2n) is 6.49. The topological polar surface area (TPSA) is 93.1 Å². The van der Waals surface area contributed by atoms with Crippen molar-refractivity contribution in [1.29, 1.82) is 0 Å². The summed E-state index contributed by atoms with van der Waals surface area (Å²) in [7, 11) is 1.78. The molecule has 3 heterocycles. The van der Waals surface area contributed by atoms with Crippen molar-refractivity contribution < 1.29 is 14.7 Å². The molecule has 1 aromatic heterocycles. The van der Waals surface area contributed by atoms with Crippen LogP contribution in [-0.4, -0.2) is 107 Å². The molecular weight excluding hydrogens is 324 g/mol. The predicted octanol–water partition coefficient (Wildman–Crippen LogP) is -1.17. The van der Waals surface area contributed by atoms with Crippen molar-refractivity contribution in [2.75, 3.05) is 64.3 Å². The molecule has 2 aliphatic heterocycles. The fourth-order valence-corrected chi connectivity index (χ4v) is 3.22. The zero-order valence-electron chi connectivity index (χ0n) is 14.4. The third-order valence-corrected chi connectivity index (χ3v) is 4.85. The van der Waals surface area contributed by atoms with Crippen LogP contribution in [0.2, 0.25) is 0 Å². The first-order chi connectivity index (χ1) is 12.0. The highest BCUT2D eigenvalue weighted by atomic mass is 16.4. The maximum atomic E-state index is 12.5. The summed E-state index contributed by atoms with van der Waals surface area (Å²) < 4.78 is 0. The molecule has 2 aliphatic rings. The molecule has 2 saturated heterocycles. The van der Waals surface area contributed by atoms with Crippen molar-refractivity contribution in [3.63, 3.8) is 0 Å². The summed E-state index contributed by atoms with van der Waals surface area (Å²) in [5, 5.41) is 9.26. The molecule has 9 nitrogen and oxygen atoms in total. The number of amides is 1. The molecule has 9 heteroatoms. The second kappa shape index (κ2) is 7.75. The van der Waals surface area contributed by atoms with Crippen LogP contribution in [0.25, 0.3) is 0 Å². The van der Waals surface area contributed by atoms with E-state index in [1.54, 1.807) is 35.3 Å². The maximum Gasteiger partial charge on any atom is 0.322 e. The van der Waals surface area contributed by atoms with E-state index in [2.05, 4.69) is 19.8 Å². The van der Waals surface area contributed by atoms with Gasteiger partial charge >= 0.3 is 5.97 Å². The number of carbonyl (C=O) groups is 2. The van der Waals surface area contributed by atoms with Gasteiger partial charge in [-0.25, -0.2) is 9.97 Å². The number of carbonyl (C=O) groups excluding carboxylic acids is 1. The van der Waals surface area contributed by atoms with E-state index in [1.807, 2.05) is 0 Å². The molecule has 1 aromatic rings. The third-order valence-electron chi connectivity index (χ3n) is 4.85. The highest BCUT2D eigenvalue weighted by Gasteiger charge is 2.32. The van der Waals surface area contributed by atoms with Crippen molar-refractivity contribution in [3.05, 3.63) is 18.5 Å². The van der Waals surface area contributed by atoms with Crippen LogP contribution in [0.15, 0.2) is 18.5 Å². The van der Waals surface area contributed by atoms with Gasteiger partial charge < -0.3 is 14.9 Å². The van der Waals surface area contributed by atoms with E-state index in [9.17, 15) is 14.7 Å². The van der Waals surface area contributed by atoms with Gasteiger partial charge in [-0.2, -0.15) is 0 Å². The van der Waals surface area contributed by atoms with Crippen LogP contribution in [0.5, 0.6) is 0 Å². The number of carboxylic acid groups (broad SMARTS) is 1. The number of hydrogen-bond acceptors (Lipinski definition) is 7. The van der Waals surface area contributed by atoms with Crippen LogP contribution in [0, 0.1) is 0 Å². The summed E-state index contributed by atoms with van der Waals surface area (Å²) in [6, 6.07) is 1.17. The summed E-state index contributed by atoms with van der Waals surface area (Å²) in [6.45, 7) is 4.83. The molecule has 0 aliphatic carbocycles. The molecule has 3 rings (SSSR count). The average molecular weight is 348 g/mol. The van der Waals surface area contributed by atoms with Crippen LogP contribution in [0.3, 0.4) is 0 Å². The standard InChI is InChI=1S/C16H24N6O3/c1-19-5-8-22(11-13(19)15(24)25)14(23)12-20-6-9-21(10-7-20)16-17-3-2-4-18-16/h2-4,13H,5-12H2,1H3,(H,24,25). The summed E-state index contributed by atoms with van der Waals surface area (Å²) in [6.07, 6.45) is 3.45. The monoisotopic (exact) mass is 348 g/mol. The number of carboxylic acids is 1. The highest BCUT2D eigenvalue weighted by molar-refractivity contribution is 5.80. The van der Waals surface area contributed by atoms with Crippen LogP contribution >= 0.6 is 0 Å². The van der Waals surface area contributed by atoms with E-state index in [1.165, 1.54) is 0 Å². The Morgan fingerprint density at radius 3 is 2.44 bits per heavy atom. The van der Waals surface area contributed by atoms with Crippen molar-refractivity contribution in [1.82, 2.24) is 24.7 Å². The summed E-state index contributed by atoms with van der Waals surface area (Å²) in [5.41, 5.74) is 0. The minimum atomic E-state index is -0.878. The minimum absolute atomic E-state index is 0.00348. The Kier molecular flexibility index (Phi) is 5.44. The Hall–Kier alpha value is -2.26. The number of anilines is 1. The van der Waals surface area contributed by atoms with E-state index in [4.69, 9.17) is 0 Å². The van der Waals surface area contributed by atoms with E-state index in [0.29, 0.717) is 19.6 Å². The van der Waals surface area contributed by atoms with Crippen molar-refractivity contribution in [2.45, 2.75) is 6.04 Å². The molecule has 0 bridgehead atoms. The SMILES string of the molecule is CN1CCN(C(=O)CN2CCN(c3ncccn3)CC2)CC1C(=O)O. The van der Waals surface area contributed by atoms with Gasteiger partial charge in [0.25, 0.3) is 0 Å². The molecule has 2 fully saturated rings. The van der Waals surface area contributed by atoms with E-state index < -0.39 is 12.0 Å². The molecular formula is C16H24N6O3. The Morgan fingerprint density at radius 2 is 1.80 bits per heavy atom. The normalized spacial score (nSPS) is 22.8. The van der Waals surface area contributed by atoms with Crippen molar-refractivity contribution in [3.8, 4) is 0 Å². The van der Waals surface area contributed by atoms with E-state index in [0.717, 1.165) is 32.1 Å². The summed E-state index contributed by atoms with van der Waals surface area (Å²) in [5.74, 6) is -0.155. The predicted molar refractivity (Wildman–Crippen MR) is 91.3 cm³/mol. The summed E-state index contributed by atoms with van der Waals surface area (Å²) >= 11 is 0. The molecule has 1 N–H and O–H groups in total. The lowest BCUT2D eigenvalue weighted by atomic mass is 10.1. The van der Waals surface area contributed by atoms with Gasteiger partial charge in [0.2, 0.25) is 11.9 Å². The second-order valence-corrected chi connectivity index (χ2v) is 6.49. The zero-order valence-corrected chi connectivity index (χ0v) is 14.4. The number of piperazine rings is 2. The molecule has 1 amide bonds. The van der Waals surface area contributed by atoms with Gasteiger partial charge in [-0.05, 0) is 13.1 Å². The Labute approximate surface area is 146 Å². The number of aliphatic carboxylic acids is 1. The van der Waals surface area contributed by atoms with Gasteiger partial charge in [0.05, 0.1) is 6.54 Å². The maximum absolute atomic E-state index is 12.5. The lowest BCUT2D eigenvalue weighted by Gasteiger charge is -2.39. The molecule has 25 heavy (non-hydrogen) atoms. The first kappa shape index (κ1) is 17.6. The molecule has 0 radical (unpaired) electrons. The molecule has 136 valence electrons. The Morgan fingerprint density at radius 1 is 1.12 bits per heavy atom. The van der Waals surface area contributed by atoms with Crippen LogP contribution in [0.4, 0.5) is 5.95 Å². The van der Waals surface area contributed by atoms with Gasteiger partial charge in [0, 0.05) is 58.2 Å². The third kappa shape index (κ3) is 4.23. The number of likely N-dealkylation sites (N-methyl/N-ethyl adjacent to an activating group) is 1. The molecule has 1 unspecified atom stereocenters. The highest BCUT2D eigenvalue weighted by Crippen LogP contribution is 2.12. The molecule has 0 aromatic carbocycles. The summed E-state index contributed by atoms with van der Waals surface area (Å²) in [4.78, 5) is 40.0. The minimum Gasteiger partial charge on any atom is -0.480 e. The van der Waals surface area contributed by atoms with Crippen LogP contribution < -0.4 is 4.90 Å². The Bertz CT molecular complexity index is 605. The van der Waals surface area contributed by atoms with Crippen molar-refractivity contribution >= 4 is 17.8 Å². The Balaban J connectivity index is 1.49. The van der Waals surface area contributed by atoms with E-state index in [-0.39, 0.29) is 12.5 Å². The smallest absolute Gasteiger partial charge is 0.322 e. The van der Waals surface area contributed by atoms with Gasteiger partial charge in [-0.15, -0.1) is 0 Å². The average Bonchev–Trinajstić information content (AvgIpc) is 2.63. The van der Waals surface area contributed by atoms with Gasteiger partial charge in [0.15, 0.2) is 0 Å². The zero-order chi connectivity index (χ0) is 17.8. The number of aromatic nitrogens is 2. The largest absolute Gasteiger partial charge is 0.480 e. The first-order valence-corrected chi connectivity index (χ1v) is 8.50. The lowest BCUT2D eigenvalue weighted by molar-refractivity contribution is -0.148. The quantitative estimate of drug-likeness (QED) is 0.727. The molecule has 0 saturated carbocycles. The van der Waals surface area contributed by atoms with E-state index >= 15 is 0 Å². The van der Waals surface area contributed by atoms with Crippen LogP contribution in [0.1, 0.15) is 0 Å². The fourth-order valence-electron chi connectivity index (χ4n) is 3.22. The van der Waals surface area contributed by atoms with Gasteiger partial charge in [-0.1, -0.05) is 0 Å². The number of nitrogens with zero attached hydrogens (tertiary/aromatic N) is 6. The van der Waals surface area contributed by atoms with Gasteiger partial charge in [0.1, 0.15) is 6.04 Å². The number of rotatable bonds is 4. The van der Waals surface area contributed by atoms with Gasteiger partial charge in [-0.3, -0.25) is 19.4 Å². The molecule has 0 spiro atoms.